The predicted molar refractivity (Wildman–Crippen MR) is 95.2 cm³/mol. The Kier molecular flexibility index (Phi) is 4.43. The molecule has 3 aromatic rings. The molecule has 0 saturated heterocycles. The summed E-state index contributed by atoms with van der Waals surface area (Å²) in [5.74, 6) is 0.612. The van der Waals surface area contributed by atoms with E-state index in [2.05, 4.69) is 4.98 Å². The number of benzene rings is 1. The van der Waals surface area contributed by atoms with Crippen LogP contribution in [0.15, 0.2) is 40.8 Å². The number of nitrogens with zero attached hydrogens (tertiary/aromatic N) is 2. The summed E-state index contributed by atoms with van der Waals surface area (Å²) in [6, 6.07) is 11.3. The summed E-state index contributed by atoms with van der Waals surface area (Å²) >= 11 is 1.53. The molecule has 0 spiro atoms. The number of carbonyl (C=O) groups excluding carboxylic acids is 1. The molecule has 5 nitrogen and oxygen atoms in total. The van der Waals surface area contributed by atoms with Gasteiger partial charge in [0, 0.05) is 13.1 Å². The van der Waals surface area contributed by atoms with E-state index in [0.717, 1.165) is 15.2 Å². The van der Waals surface area contributed by atoms with Crippen LogP contribution in [0.3, 0.4) is 0 Å². The SMILES string of the molecule is CCN(CC(C)(C)O)C(=O)c1ccc(-c2nc3ccccc3s2)o1. The fourth-order valence-corrected chi connectivity index (χ4v) is 3.42. The number of para-hydroxylation sites is 1. The third kappa shape index (κ3) is 3.49. The third-order valence-corrected chi connectivity index (χ3v) is 4.62. The van der Waals surface area contributed by atoms with Gasteiger partial charge in [-0.3, -0.25) is 4.79 Å². The summed E-state index contributed by atoms with van der Waals surface area (Å²) in [5, 5.41) is 10.7. The number of thiazole rings is 1. The molecule has 0 aliphatic heterocycles. The highest BCUT2D eigenvalue weighted by molar-refractivity contribution is 7.21. The van der Waals surface area contributed by atoms with Crippen molar-refractivity contribution in [3.8, 4) is 10.8 Å². The van der Waals surface area contributed by atoms with E-state index in [1.54, 1.807) is 30.9 Å². The summed E-state index contributed by atoms with van der Waals surface area (Å²) in [6.45, 7) is 5.98. The maximum absolute atomic E-state index is 12.6. The molecule has 0 saturated carbocycles. The van der Waals surface area contributed by atoms with Crippen LogP contribution in [0.2, 0.25) is 0 Å². The van der Waals surface area contributed by atoms with Crippen LogP contribution in [-0.4, -0.2) is 39.6 Å². The van der Waals surface area contributed by atoms with Gasteiger partial charge < -0.3 is 14.4 Å². The summed E-state index contributed by atoms with van der Waals surface area (Å²) < 4.78 is 6.81. The van der Waals surface area contributed by atoms with Crippen LogP contribution < -0.4 is 0 Å². The zero-order valence-electron chi connectivity index (χ0n) is 13.9. The number of amides is 1. The topological polar surface area (TPSA) is 66.6 Å². The van der Waals surface area contributed by atoms with Gasteiger partial charge in [-0.25, -0.2) is 4.98 Å². The Balaban J connectivity index is 1.85. The smallest absolute Gasteiger partial charge is 0.289 e. The first-order chi connectivity index (χ1) is 11.4. The van der Waals surface area contributed by atoms with Gasteiger partial charge in [0.1, 0.15) is 0 Å². The molecular weight excluding hydrogens is 324 g/mol. The van der Waals surface area contributed by atoms with Gasteiger partial charge in [0.2, 0.25) is 0 Å². The molecule has 126 valence electrons. The summed E-state index contributed by atoms with van der Waals surface area (Å²) in [4.78, 5) is 18.7. The number of furan rings is 1. The Morgan fingerprint density at radius 1 is 1.29 bits per heavy atom. The van der Waals surface area contributed by atoms with E-state index in [-0.39, 0.29) is 18.2 Å². The minimum Gasteiger partial charge on any atom is -0.448 e. The van der Waals surface area contributed by atoms with E-state index < -0.39 is 5.60 Å². The molecule has 0 aliphatic rings. The van der Waals surface area contributed by atoms with Crippen LogP contribution in [0.5, 0.6) is 0 Å². The first kappa shape index (κ1) is 16.7. The van der Waals surface area contributed by atoms with Gasteiger partial charge in [-0.15, -0.1) is 11.3 Å². The Morgan fingerprint density at radius 3 is 2.71 bits per heavy atom. The second kappa shape index (κ2) is 6.37. The van der Waals surface area contributed by atoms with Crippen LogP contribution in [0.1, 0.15) is 31.3 Å². The molecule has 1 aromatic carbocycles. The van der Waals surface area contributed by atoms with Crippen LogP contribution in [-0.2, 0) is 0 Å². The van der Waals surface area contributed by atoms with E-state index in [1.165, 1.54) is 11.3 Å². The van der Waals surface area contributed by atoms with Gasteiger partial charge in [-0.05, 0) is 45.0 Å². The number of aliphatic hydroxyl groups is 1. The maximum Gasteiger partial charge on any atom is 0.289 e. The largest absolute Gasteiger partial charge is 0.448 e. The first-order valence-electron chi connectivity index (χ1n) is 7.85. The predicted octanol–water partition coefficient (Wildman–Crippen LogP) is 3.79. The van der Waals surface area contributed by atoms with Crippen molar-refractivity contribution in [3.05, 3.63) is 42.2 Å². The Morgan fingerprint density at radius 2 is 2.04 bits per heavy atom. The molecule has 3 rings (SSSR count). The second-order valence-corrected chi connectivity index (χ2v) is 7.31. The first-order valence-corrected chi connectivity index (χ1v) is 8.66. The summed E-state index contributed by atoms with van der Waals surface area (Å²) in [5.41, 5.74) is -0.0345. The number of fused-ring (bicyclic) bond motifs is 1. The highest BCUT2D eigenvalue weighted by Crippen LogP contribution is 2.31. The number of carbonyl (C=O) groups is 1. The van der Waals surface area contributed by atoms with Crippen molar-refractivity contribution < 1.29 is 14.3 Å². The Labute approximate surface area is 144 Å². The highest BCUT2D eigenvalue weighted by Gasteiger charge is 2.24. The van der Waals surface area contributed by atoms with Gasteiger partial charge in [0.15, 0.2) is 16.5 Å². The molecule has 0 bridgehead atoms. The standard InChI is InChI=1S/C18H20N2O3S/c1-4-20(11-18(2,3)22)17(21)14-10-9-13(23-14)16-19-12-7-5-6-8-15(12)24-16/h5-10,22H,4,11H2,1-3H3. The minimum atomic E-state index is -0.950. The molecule has 1 N–H and O–H groups in total. The Bertz CT molecular complexity index is 827. The van der Waals surface area contributed by atoms with E-state index in [4.69, 9.17) is 4.42 Å². The molecule has 6 heteroatoms. The van der Waals surface area contributed by atoms with Crippen LogP contribution in [0.4, 0.5) is 0 Å². The monoisotopic (exact) mass is 344 g/mol. The van der Waals surface area contributed by atoms with Crippen molar-refractivity contribution in [1.29, 1.82) is 0 Å². The molecule has 24 heavy (non-hydrogen) atoms. The summed E-state index contributed by atoms with van der Waals surface area (Å²) in [7, 11) is 0. The lowest BCUT2D eigenvalue weighted by molar-refractivity contribution is 0.0299. The molecule has 0 aliphatic carbocycles. The molecule has 0 atom stereocenters. The van der Waals surface area contributed by atoms with Crippen LogP contribution in [0, 0.1) is 0 Å². The van der Waals surface area contributed by atoms with Crippen LogP contribution in [0.25, 0.3) is 21.0 Å². The normalized spacial score (nSPS) is 11.8. The van der Waals surface area contributed by atoms with Gasteiger partial charge in [-0.2, -0.15) is 0 Å². The van der Waals surface area contributed by atoms with Crippen molar-refractivity contribution >= 4 is 27.5 Å². The van der Waals surface area contributed by atoms with Crippen molar-refractivity contribution in [2.45, 2.75) is 26.4 Å². The number of aromatic nitrogens is 1. The minimum absolute atomic E-state index is 0.230. The van der Waals surface area contributed by atoms with Gasteiger partial charge >= 0.3 is 0 Å². The number of rotatable bonds is 5. The number of likely N-dealkylation sites (N-methyl/N-ethyl adjacent to an activating group) is 1. The average molecular weight is 344 g/mol. The maximum atomic E-state index is 12.6. The quantitative estimate of drug-likeness (QED) is 0.765. The van der Waals surface area contributed by atoms with E-state index in [0.29, 0.717) is 12.3 Å². The zero-order valence-corrected chi connectivity index (χ0v) is 14.8. The number of hydrogen-bond acceptors (Lipinski definition) is 5. The second-order valence-electron chi connectivity index (χ2n) is 6.28. The zero-order chi connectivity index (χ0) is 17.3. The van der Waals surface area contributed by atoms with Crippen molar-refractivity contribution in [3.63, 3.8) is 0 Å². The fourth-order valence-electron chi connectivity index (χ4n) is 2.50. The molecule has 2 aromatic heterocycles. The number of hydrogen-bond donors (Lipinski definition) is 1. The fraction of sp³-hybridized carbons (Fsp3) is 0.333. The molecule has 2 heterocycles. The third-order valence-electron chi connectivity index (χ3n) is 3.57. The van der Waals surface area contributed by atoms with E-state index in [9.17, 15) is 9.90 Å². The lowest BCUT2D eigenvalue weighted by atomic mass is 10.1. The molecule has 1 amide bonds. The average Bonchev–Trinajstić information content (AvgIpc) is 3.17. The van der Waals surface area contributed by atoms with Gasteiger partial charge in [0.05, 0.1) is 15.8 Å². The van der Waals surface area contributed by atoms with Crippen molar-refractivity contribution in [1.82, 2.24) is 9.88 Å². The molecule has 0 fully saturated rings. The van der Waals surface area contributed by atoms with Crippen molar-refractivity contribution in [2.24, 2.45) is 0 Å². The van der Waals surface area contributed by atoms with Gasteiger partial charge in [0.25, 0.3) is 5.91 Å². The van der Waals surface area contributed by atoms with Gasteiger partial charge in [-0.1, -0.05) is 12.1 Å². The highest BCUT2D eigenvalue weighted by atomic mass is 32.1. The van der Waals surface area contributed by atoms with Crippen molar-refractivity contribution in [2.75, 3.05) is 13.1 Å². The summed E-state index contributed by atoms with van der Waals surface area (Å²) in [6.07, 6.45) is 0. The Hall–Kier alpha value is -2.18. The molecule has 0 unspecified atom stereocenters. The van der Waals surface area contributed by atoms with E-state index >= 15 is 0 Å². The lowest BCUT2D eigenvalue weighted by Crippen LogP contribution is -2.42. The molecule has 0 radical (unpaired) electrons. The lowest BCUT2D eigenvalue weighted by Gasteiger charge is -2.27. The van der Waals surface area contributed by atoms with E-state index in [1.807, 2.05) is 31.2 Å². The van der Waals surface area contributed by atoms with Crippen LogP contribution >= 0.6 is 11.3 Å². The molecular formula is C18H20N2O3S.